The van der Waals surface area contributed by atoms with Crippen LogP contribution in [-0.2, 0) is 9.53 Å². The fourth-order valence-corrected chi connectivity index (χ4v) is 2.54. The zero-order valence-corrected chi connectivity index (χ0v) is 12.7. The molecular formula is C18H19FN2O2. The van der Waals surface area contributed by atoms with Gasteiger partial charge in [-0.25, -0.2) is 4.39 Å². The number of amides is 1. The standard InChI is InChI=1S/C18H19FN2O2/c19-14-1-3-15(4-2-14)20-16-5-7-17(8-6-16)21-18(22)13-9-11-23-12-10-13/h1-8,13,20H,9-12H2,(H,21,22). The Morgan fingerprint density at radius 1 is 0.913 bits per heavy atom. The second kappa shape index (κ2) is 7.24. The predicted octanol–water partition coefficient (Wildman–Crippen LogP) is 3.93. The SMILES string of the molecule is O=C(Nc1ccc(Nc2ccc(F)cc2)cc1)C1CCOCC1. The van der Waals surface area contributed by atoms with Gasteiger partial charge in [-0.1, -0.05) is 0 Å². The minimum atomic E-state index is -0.262. The zero-order chi connectivity index (χ0) is 16.1. The number of benzene rings is 2. The molecule has 0 spiro atoms. The van der Waals surface area contributed by atoms with Crippen LogP contribution in [0.4, 0.5) is 21.5 Å². The highest BCUT2D eigenvalue weighted by atomic mass is 19.1. The summed E-state index contributed by atoms with van der Waals surface area (Å²) in [6, 6.07) is 13.6. The third kappa shape index (κ3) is 4.29. The monoisotopic (exact) mass is 314 g/mol. The van der Waals surface area contributed by atoms with Crippen molar-refractivity contribution < 1.29 is 13.9 Å². The van der Waals surface area contributed by atoms with E-state index < -0.39 is 0 Å². The zero-order valence-electron chi connectivity index (χ0n) is 12.7. The molecule has 1 amide bonds. The highest BCUT2D eigenvalue weighted by molar-refractivity contribution is 5.92. The number of halogens is 1. The molecule has 0 atom stereocenters. The summed E-state index contributed by atoms with van der Waals surface area (Å²) in [6.07, 6.45) is 1.55. The van der Waals surface area contributed by atoms with Crippen molar-refractivity contribution in [2.75, 3.05) is 23.8 Å². The molecule has 2 aromatic rings. The first-order valence-electron chi connectivity index (χ1n) is 7.72. The molecular weight excluding hydrogens is 295 g/mol. The molecule has 1 fully saturated rings. The topological polar surface area (TPSA) is 50.4 Å². The van der Waals surface area contributed by atoms with Crippen LogP contribution >= 0.6 is 0 Å². The molecule has 1 heterocycles. The van der Waals surface area contributed by atoms with Crippen LogP contribution in [0.15, 0.2) is 48.5 Å². The summed E-state index contributed by atoms with van der Waals surface area (Å²) in [5.41, 5.74) is 2.46. The van der Waals surface area contributed by atoms with Crippen molar-refractivity contribution in [3.63, 3.8) is 0 Å². The number of ether oxygens (including phenoxy) is 1. The summed E-state index contributed by atoms with van der Waals surface area (Å²) in [5, 5.41) is 6.12. The lowest BCUT2D eigenvalue weighted by molar-refractivity contribution is -0.122. The van der Waals surface area contributed by atoms with Crippen LogP contribution in [0.1, 0.15) is 12.8 Å². The predicted molar refractivity (Wildman–Crippen MR) is 88.3 cm³/mol. The quantitative estimate of drug-likeness (QED) is 0.899. The summed E-state index contributed by atoms with van der Waals surface area (Å²) in [5.74, 6) is -0.185. The molecule has 2 aromatic carbocycles. The van der Waals surface area contributed by atoms with Gasteiger partial charge in [0.1, 0.15) is 5.82 Å². The van der Waals surface area contributed by atoms with Crippen molar-refractivity contribution >= 4 is 23.0 Å². The van der Waals surface area contributed by atoms with Gasteiger partial charge in [0.15, 0.2) is 0 Å². The molecule has 2 N–H and O–H groups in total. The van der Waals surface area contributed by atoms with Crippen molar-refractivity contribution in [3.05, 3.63) is 54.3 Å². The van der Waals surface area contributed by atoms with Crippen LogP contribution in [0, 0.1) is 11.7 Å². The lowest BCUT2D eigenvalue weighted by Gasteiger charge is -2.21. The lowest BCUT2D eigenvalue weighted by atomic mass is 9.99. The Kier molecular flexibility index (Phi) is 4.88. The van der Waals surface area contributed by atoms with Crippen molar-refractivity contribution in [1.29, 1.82) is 0 Å². The number of anilines is 3. The van der Waals surface area contributed by atoms with E-state index >= 15 is 0 Å². The average molecular weight is 314 g/mol. The van der Waals surface area contributed by atoms with Crippen LogP contribution in [0.2, 0.25) is 0 Å². The van der Waals surface area contributed by atoms with E-state index in [2.05, 4.69) is 10.6 Å². The first-order valence-corrected chi connectivity index (χ1v) is 7.72. The molecule has 5 heteroatoms. The van der Waals surface area contributed by atoms with Gasteiger partial charge in [-0.3, -0.25) is 4.79 Å². The van der Waals surface area contributed by atoms with Gasteiger partial charge in [0, 0.05) is 36.2 Å². The number of carbonyl (C=O) groups excluding carboxylic acids is 1. The number of rotatable bonds is 4. The Morgan fingerprint density at radius 3 is 2.04 bits per heavy atom. The summed E-state index contributed by atoms with van der Waals surface area (Å²) in [7, 11) is 0. The maximum Gasteiger partial charge on any atom is 0.227 e. The van der Waals surface area contributed by atoms with E-state index in [9.17, 15) is 9.18 Å². The molecule has 1 saturated heterocycles. The molecule has 23 heavy (non-hydrogen) atoms. The van der Waals surface area contributed by atoms with E-state index in [1.54, 1.807) is 12.1 Å². The van der Waals surface area contributed by atoms with E-state index in [1.165, 1.54) is 12.1 Å². The average Bonchev–Trinajstić information content (AvgIpc) is 2.59. The molecule has 3 rings (SSSR count). The lowest BCUT2D eigenvalue weighted by Crippen LogP contribution is -2.28. The maximum atomic E-state index is 12.9. The normalized spacial score (nSPS) is 15.2. The Hall–Kier alpha value is -2.40. The van der Waals surface area contributed by atoms with Crippen LogP contribution in [0.3, 0.4) is 0 Å². The van der Waals surface area contributed by atoms with E-state index in [1.807, 2.05) is 24.3 Å². The fraction of sp³-hybridized carbons (Fsp3) is 0.278. The van der Waals surface area contributed by atoms with Gasteiger partial charge in [0.2, 0.25) is 5.91 Å². The van der Waals surface area contributed by atoms with Crippen LogP contribution < -0.4 is 10.6 Å². The number of hydrogen-bond donors (Lipinski definition) is 2. The minimum Gasteiger partial charge on any atom is -0.381 e. The van der Waals surface area contributed by atoms with Gasteiger partial charge in [0.25, 0.3) is 0 Å². The van der Waals surface area contributed by atoms with Crippen molar-refractivity contribution in [2.24, 2.45) is 5.92 Å². The maximum absolute atomic E-state index is 12.9. The molecule has 1 aliphatic heterocycles. The molecule has 0 bridgehead atoms. The Balaban J connectivity index is 1.58. The largest absolute Gasteiger partial charge is 0.381 e. The van der Waals surface area contributed by atoms with Crippen molar-refractivity contribution in [2.45, 2.75) is 12.8 Å². The second-order valence-corrected chi connectivity index (χ2v) is 5.59. The molecule has 120 valence electrons. The number of hydrogen-bond acceptors (Lipinski definition) is 3. The van der Waals surface area contributed by atoms with Gasteiger partial charge in [-0.15, -0.1) is 0 Å². The van der Waals surface area contributed by atoms with Crippen LogP contribution in [-0.4, -0.2) is 19.1 Å². The summed E-state index contributed by atoms with van der Waals surface area (Å²) in [4.78, 5) is 12.2. The summed E-state index contributed by atoms with van der Waals surface area (Å²) in [6.45, 7) is 1.30. The van der Waals surface area contributed by atoms with E-state index in [0.717, 1.165) is 29.9 Å². The molecule has 0 unspecified atom stereocenters. The van der Waals surface area contributed by atoms with E-state index in [-0.39, 0.29) is 17.6 Å². The fourth-order valence-electron chi connectivity index (χ4n) is 2.54. The highest BCUT2D eigenvalue weighted by Gasteiger charge is 2.21. The van der Waals surface area contributed by atoms with Gasteiger partial charge in [-0.2, -0.15) is 0 Å². The van der Waals surface area contributed by atoms with E-state index in [0.29, 0.717) is 13.2 Å². The Bertz CT molecular complexity index is 650. The molecule has 0 saturated carbocycles. The van der Waals surface area contributed by atoms with Gasteiger partial charge < -0.3 is 15.4 Å². The van der Waals surface area contributed by atoms with Crippen LogP contribution in [0.5, 0.6) is 0 Å². The second-order valence-electron chi connectivity index (χ2n) is 5.59. The smallest absolute Gasteiger partial charge is 0.227 e. The first kappa shape index (κ1) is 15.5. The Morgan fingerprint density at radius 2 is 1.43 bits per heavy atom. The minimum absolute atomic E-state index is 0.0285. The molecule has 0 aliphatic carbocycles. The third-order valence-electron chi connectivity index (χ3n) is 3.88. The van der Waals surface area contributed by atoms with Gasteiger partial charge in [-0.05, 0) is 61.4 Å². The summed E-state index contributed by atoms with van der Waals surface area (Å²) < 4.78 is 18.1. The van der Waals surface area contributed by atoms with Gasteiger partial charge in [0.05, 0.1) is 0 Å². The first-order chi connectivity index (χ1) is 11.2. The molecule has 4 nitrogen and oxygen atoms in total. The number of carbonyl (C=O) groups is 1. The third-order valence-corrected chi connectivity index (χ3v) is 3.88. The molecule has 1 aliphatic rings. The van der Waals surface area contributed by atoms with Crippen molar-refractivity contribution in [1.82, 2.24) is 0 Å². The van der Waals surface area contributed by atoms with Crippen LogP contribution in [0.25, 0.3) is 0 Å². The number of nitrogens with one attached hydrogen (secondary N) is 2. The van der Waals surface area contributed by atoms with E-state index in [4.69, 9.17) is 4.74 Å². The summed E-state index contributed by atoms with van der Waals surface area (Å²) >= 11 is 0. The molecule has 0 radical (unpaired) electrons. The van der Waals surface area contributed by atoms with Crippen molar-refractivity contribution in [3.8, 4) is 0 Å². The molecule has 0 aromatic heterocycles. The van der Waals surface area contributed by atoms with Gasteiger partial charge >= 0.3 is 0 Å². The highest BCUT2D eigenvalue weighted by Crippen LogP contribution is 2.21. The Labute approximate surface area is 134 Å².